The van der Waals surface area contributed by atoms with Gasteiger partial charge in [0.2, 0.25) is 5.91 Å². The molecule has 196 valence electrons. The number of halogens is 2. The van der Waals surface area contributed by atoms with E-state index in [2.05, 4.69) is 29.2 Å². The number of benzene rings is 2. The van der Waals surface area contributed by atoms with Crippen LogP contribution < -0.4 is 5.32 Å². The molecule has 1 aliphatic carbocycles. The van der Waals surface area contributed by atoms with Gasteiger partial charge in [0.25, 0.3) is 0 Å². The van der Waals surface area contributed by atoms with E-state index in [-0.39, 0.29) is 17.0 Å². The third-order valence-corrected chi connectivity index (χ3v) is 8.21. The average molecular weight is 525 g/mol. The number of nitrogens with zero attached hydrogens (tertiary/aromatic N) is 3. The molecule has 37 heavy (non-hydrogen) atoms. The standard InChI is InChI=1S/C29H34ClFN4O2/c1-3-18-17-32-26-9-6-20(21-15-24(30)28(36)25(31)16-21)14-23(26)27(18)33-22-7-4-19(5-8-22)29(37)35-12-10-34(2)11-13-35/h6,9,14-17,19,22,36H,3-5,7-8,10-13H2,1-2H3,(H,32,33). The van der Waals surface area contributed by atoms with Crippen molar-refractivity contribution in [2.45, 2.75) is 45.1 Å². The highest BCUT2D eigenvalue weighted by atomic mass is 35.5. The Hall–Kier alpha value is -2.90. The number of nitrogens with one attached hydrogen (secondary N) is 1. The van der Waals surface area contributed by atoms with Crippen molar-refractivity contribution in [3.63, 3.8) is 0 Å². The van der Waals surface area contributed by atoms with Gasteiger partial charge in [0.15, 0.2) is 11.6 Å². The number of fused-ring (bicyclic) bond motifs is 1. The normalized spacial score (nSPS) is 20.8. The molecule has 1 saturated heterocycles. The van der Waals surface area contributed by atoms with Crippen molar-refractivity contribution in [3.05, 3.63) is 52.9 Å². The van der Waals surface area contributed by atoms with Gasteiger partial charge in [-0.15, -0.1) is 0 Å². The summed E-state index contributed by atoms with van der Waals surface area (Å²) in [5.74, 6) is -0.851. The Kier molecular flexibility index (Phi) is 7.54. The number of piperazine rings is 1. The highest BCUT2D eigenvalue weighted by Gasteiger charge is 2.31. The highest BCUT2D eigenvalue weighted by Crippen LogP contribution is 2.37. The van der Waals surface area contributed by atoms with Crippen LogP contribution in [0.5, 0.6) is 5.75 Å². The summed E-state index contributed by atoms with van der Waals surface area (Å²) < 4.78 is 14.2. The number of likely N-dealkylation sites (N-methyl/N-ethyl adjacent to an activating group) is 1. The minimum Gasteiger partial charge on any atom is -0.504 e. The number of carbonyl (C=O) groups is 1. The molecule has 2 aliphatic rings. The molecule has 0 radical (unpaired) electrons. The molecular formula is C29H34ClFN4O2. The molecule has 2 N–H and O–H groups in total. The van der Waals surface area contributed by atoms with E-state index < -0.39 is 11.6 Å². The molecule has 2 fully saturated rings. The van der Waals surface area contributed by atoms with Crippen molar-refractivity contribution < 1.29 is 14.3 Å². The van der Waals surface area contributed by atoms with Crippen LogP contribution in [0.2, 0.25) is 5.02 Å². The van der Waals surface area contributed by atoms with Gasteiger partial charge in [0.05, 0.1) is 10.5 Å². The van der Waals surface area contributed by atoms with Gasteiger partial charge in [0, 0.05) is 55.4 Å². The summed E-state index contributed by atoms with van der Waals surface area (Å²) in [5.41, 5.74) is 4.42. The van der Waals surface area contributed by atoms with E-state index >= 15 is 0 Å². The first kappa shape index (κ1) is 25.7. The largest absolute Gasteiger partial charge is 0.504 e. The minimum absolute atomic E-state index is 0.0169. The second-order valence-electron chi connectivity index (χ2n) is 10.4. The number of anilines is 1. The summed E-state index contributed by atoms with van der Waals surface area (Å²) >= 11 is 6.04. The Morgan fingerprint density at radius 1 is 1.11 bits per heavy atom. The summed E-state index contributed by atoms with van der Waals surface area (Å²) in [6.07, 6.45) is 6.41. The monoisotopic (exact) mass is 524 g/mol. The molecule has 1 amide bonds. The molecule has 0 bridgehead atoms. The smallest absolute Gasteiger partial charge is 0.225 e. The number of pyridine rings is 1. The number of rotatable bonds is 5. The van der Waals surface area contributed by atoms with Gasteiger partial charge in [-0.25, -0.2) is 4.39 Å². The predicted molar refractivity (Wildman–Crippen MR) is 147 cm³/mol. The number of aryl methyl sites for hydroxylation is 1. The van der Waals surface area contributed by atoms with Gasteiger partial charge in [-0.3, -0.25) is 9.78 Å². The van der Waals surface area contributed by atoms with E-state index in [1.807, 2.05) is 29.3 Å². The van der Waals surface area contributed by atoms with Crippen LogP contribution in [0.1, 0.15) is 38.2 Å². The fourth-order valence-corrected chi connectivity index (χ4v) is 5.77. The van der Waals surface area contributed by atoms with E-state index in [1.165, 1.54) is 6.07 Å². The molecule has 1 saturated carbocycles. The lowest BCUT2D eigenvalue weighted by Crippen LogP contribution is -2.49. The van der Waals surface area contributed by atoms with Crippen molar-refractivity contribution >= 4 is 34.1 Å². The Labute approximate surface area is 222 Å². The van der Waals surface area contributed by atoms with Crippen LogP contribution in [0.3, 0.4) is 0 Å². The lowest BCUT2D eigenvalue weighted by molar-refractivity contribution is -0.138. The Morgan fingerprint density at radius 2 is 1.84 bits per heavy atom. The molecule has 0 atom stereocenters. The third kappa shape index (κ3) is 5.39. The molecule has 0 unspecified atom stereocenters. The Balaban J connectivity index is 1.35. The maximum absolute atomic E-state index is 14.2. The number of aromatic hydroxyl groups is 1. The summed E-state index contributed by atoms with van der Waals surface area (Å²) in [6.45, 7) is 5.66. The number of phenolic OH excluding ortho intramolecular Hbond substituents is 1. The van der Waals surface area contributed by atoms with Gasteiger partial charge >= 0.3 is 0 Å². The van der Waals surface area contributed by atoms with Crippen molar-refractivity contribution in [1.29, 1.82) is 0 Å². The van der Waals surface area contributed by atoms with Crippen molar-refractivity contribution in [1.82, 2.24) is 14.8 Å². The molecule has 0 spiro atoms. The number of carbonyl (C=O) groups excluding carboxylic acids is 1. The van der Waals surface area contributed by atoms with Gasteiger partial charge in [-0.05, 0) is 80.1 Å². The lowest BCUT2D eigenvalue weighted by Gasteiger charge is -2.37. The fraction of sp³-hybridized carbons (Fsp3) is 0.448. The van der Waals surface area contributed by atoms with Crippen molar-refractivity contribution in [2.75, 3.05) is 38.5 Å². The number of hydrogen-bond donors (Lipinski definition) is 2. The molecule has 2 aromatic carbocycles. The SMILES string of the molecule is CCc1cnc2ccc(-c3cc(F)c(O)c(Cl)c3)cc2c1NC1CCC(C(=O)N2CCN(C)CC2)CC1. The van der Waals surface area contributed by atoms with Crippen LogP contribution >= 0.6 is 11.6 Å². The fourth-order valence-electron chi connectivity index (χ4n) is 5.56. The van der Waals surface area contributed by atoms with Gasteiger partial charge in [-0.1, -0.05) is 24.6 Å². The van der Waals surface area contributed by atoms with Crippen molar-refractivity contribution in [2.24, 2.45) is 5.92 Å². The second-order valence-corrected chi connectivity index (χ2v) is 10.8. The van der Waals surface area contributed by atoms with Gasteiger partial charge in [0.1, 0.15) is 0 Å². The van der Waals surface area contributed by atoms with Crippen LogP contribution in [-0.2, 0) is 11.2 Å². The molecule has 3 aromatic rings. The zero-order valence-electron chi connectivity index (χ0n) is 21.4. The van der Waals surface area contributed by atoms with Gasteiger partial charge in [-0.2, -0.15) is 0 Å². The molecule has 8 heteroatoms. The van der Waals surface area contributed by atoms with Crippen LogP contribution in [0.15, 0.2) is 36.5 Å². The lowest BCUT2D eigenvalue weighted by atomic mass is 9.84. The first-order valence-corrected chi connectivity index (χ1v) is 13.6. The van der Waals surface area contributed by atoms with Crippen molar-refractivity contribution in [3.8, 4) is 16.9 Å². The third-order valence-electron chi connectivity index (χ3n) is 7.92. The molecule has 2 heterocycles. The highest BCUT2D eigenvalue weighted by molar-refractivity contribution is 6.32. The number of amides is 1. The topological polar surface area (TPSA) is 68.7 Å². The van der Waals surface area contributed by atoms with Gasteiger partial charge < -0.3 is 20.2 Å². The Morgan fingerprint density at radius 3 is 2.51 bits per heavy atom. The minimum atomic E-state index is -0.746. The first-order valence-electron chi connectivity index (χ1n) is 13.2. The molecule has 6 nitrogen and oxygen atoms in total. The number of phenols is 1. The number of aromatic nitrogens is 1. The molecule has 5 rings (SSSR count). The Bertz CT molecular complexity index is 1280. The predicted octanol–water partition coefficient (Wildman–Crippen LogP) is 5.71. The van der Waals surface area contributed by atoms with Crippen LogP contribution in [0.25, 0.3) is 22.0 Å². The van der Waals surface area contributed by atoms with E-state index in [1.54, 1.807) is 6.07 Å². The molecule has 1 aliphatic heterocycles. The number of hydrogen-bond acceptors (Lipinski definition) is 5. The van der Waals surface area contributed by atoms with E-state index in [0.717, 1.165) is 86.0 Å². The molecular weight excluding hydrogens is 491 g/mol. The summed E-state index contributed by atoms with van der Waals surface area (Å²) in [7, 11) is 2.10. The van der Waals surface area contributed by atoms with E-state index in [9.17, 15) is 14.3 Å². The molecule has 1 aromatic heterocycles. The average Bonchev–Trinajstić information content (AvgIpc) is 2.92. The van der Waals surface area contributed by atoms with Crippen LogP contribution in [0.4, 0.5) is 10.1 Å². The maximum atomic E-state index is 14.2. The van der Waals surface area contributed by atoms with E-state index in [0.29, 0.717) is 11.5 Å². The maximum Gasteiger partial charge on any atom is 0.225 e. The summed E-state index contributed by atoms with van der Waals surface area (Å²) in [5, 5.41) is 14.5. The first-order chi connectivity index (χ1) is 17.8. The van der Waals surface area contributed by atoms with Crippen LogP contribution in [-0.4, -0.2) is 65.1 Å². The summed E-state index contributed by atoms with van der Waals surface area (Å²) in [4.78, 5) is 22.0. The summed E-state index contributed by atoms with van der Waals surface area (Å²) in [6, 6.07) is 8.97. The van der Waals surface area contributed by atoms with Crippen LogP contribution in [0, 0.1) is 11.7 Å². The zero-order chi connectivity index (χ0) is 26.1. The zero-order valence-corrected chi connectivity index (χ0v) is 22.2. The second kappa shape index (κ2) is 10.8. The quantitative estimate of drug-likeness (QED) is 0.447. The van der Waals surface area contributed by atoms with E-state index in [4.69, 9.17) is 11.6 Å².